The predicted molar refractivity (Wildman–Crippen MR) is 31.5 cm³/mol. The van der Waals surface area contributed by atoms with Gasteiger partial charge in [-0.25, -0.2) is 0 Å². The smallest absolute Gasteiger partial charge is 0.0372 e. The van der Waals surface area contributed by atoms with E-state index in [-0.39, 0.29) is 4.70 Å². The van der Waals surface area contributed by atoms with E-state index in [2.05, 4.69) is 4.98 Å². The molecule has 0 atom stereocenters. The minimum atomic E-state index is 0. The third-order valence-electron chi connectivity index (χ3n) is 0.813. The Balaban J connectivity index is 0.000000490. The topological polar surface area (TPSA) is 12.9 Å². The number of halogens is 1. The number of hydrogen-bond acceptors (Lipinski definition) is 1. The number of pyridine rings is 1. The summed E-state index contributed by atoms with van der Waals surface area (Å²) in [5.41, 5.74) is 1.07. The zero-order valence-electron chi connectivity index (χ0n) is 4.66. The molecule has 0 aliphatic carbocycles. The maximum absolute atomic E-state index is 3.98. The highest BCUT2D eigenvalue weighted by Crippen LogP contribution is 1.85. The summed E-state index contributed by atoms with van der Waals surface area (Å²) >= 11 is 0. The Labute approximate surface area is 47.7 Å². The molecule has 0 saturated carbocycles. The summed E-state index contributed by atoms with van der Waals surface area (Å²) < 4.78 is 0. The van der Waals surface area contributed by atoms with Crippen LogP contribution in [0.25, 0.3) is 0 Å². The average Bonchev–Trinajstić information content (AvgIpc) is 1.69. The van der Waals surface area contributed by atoms with Crippen LogP contribution in [0.15, 0.2) is 24.4 Å². The van der Waals surface area contributed by atoms with E-state index in [1.807, 2.05) is 25.1 Å². The van der Waals surface area contributed by atoms with Crippen molar-refractivity contribution < 1.29 is 4.70 Å². The molecule has 0 N–H and O–H groups in total. The Kier molecular flexibility index (Phi) is 2.77. The molecule has 1 aromatic heterocycles. The van der Waals surface area contributed by atoms with Gasteiger partial charge in [-0.1, -0.05) is 6.07 Å². The summed E-state index contributed by atoms with van der Waals surface area (Å²) in [7, 11) is 0. The maximum Gasteiger partial charge on any atom is 0.0372 e. The summed E-state index contributed by atoms with van der Waals surface area (Å²) in [6.45, 7) is 1.97. The van der Waals surface area contributed by atoms with Crippen molar-refractivity contribution in [1.29, 1.82) is 0 Å². The van der Waals surface area contributed by atoms with Crippen LogP contribution in [-0.2, 0) is 0 Å². The van der Waals surface area contributed by atoms with E-state index in [0.29, 0.717) is 0 Å². The third-order valence-corrected chi connectivity index (χ3v) is 0.813. The van der Waals surface area contributed by atoms with E-state index in [4.69, 9.17) is 0 Å². The fourth-order valence-electron chi connectivity index (χ4n) is 0.448. The van der Waals surface area contributed by atoms with E-state index in [1.54, 1.807) is 6.20 Å². The van der Waals surface area contributed by atoms with Crippen molar-refractivity contribution in [3.63, 3.8) is 0 Å². The van der Waals surface area contributed by atoms with Crippen LogP contribution in [0.5, 0.6) is 0 Å². The van der Waals surface area contributed by atoms with E-state index >= 15 is 0 Å². The standard InChI is InChI=1S/C6H7N.FH/c1-6-4-2-3-5-7-6;/h2-5H,1H3;1H. The number of aromatic nitrogens is 1. The van der Waals surface area contributed by atoms with E-state index < -0.39 is 0 Å². The summed E-state index contributed by atoms with van der Waals surface area (Å²) in [5, 5.41) is 0. The highest BCUT2D eigenvalue weighted by molar-refractivity contribution is 4.99. The lowest BCUT2D eigenvalue weighted by Crippen LogP contribution is -1.72. The molecule has 0 aliphatic heterocycles. The predicted octanol–water partition coefficient (Wildman–Crippen LogP) is 1.54. The van der Waals surface area contributed by atoms with Gasteiger partial charge in [0.25, 0.3) is 0 Å². The fraction of sp³-hybridized carbons (Fsp3) is 0.167. The highest BCUT2D eigenvalue weighted by Gasteiger charge is 1.73. The SMILES string of the molecule is Cc1ccccn1.F. The second-order valence-corrected chi connectivity index (χ2v) is 1.47. The van der Waals surface area contributed by atoms with Crippen LogP contribution in [0, 0.1) is 6.92 Å². The van der Waals surface area contributed by atoms with Crippen LogP contribution in [0.1, 0.15) is 5.69 Å². The van der Waals surface area contributed by atoms with Crippen molar-refractivity contribution in [2.45, 2.75) is 6.92 Å². The minimum Gasteiger partial charge on any atom is -0.269 e. The Hall–Kier alpha value is -0.920. The van der Waals surface area contributed by atoms with Crippen LogP contribution in [-0.4, -0.2) is 4.98 Å². The Morgan fingerprint density at radius 3 is 2.38 bits per heavy atom. The Bertz CT molecular complexity index is 138. The average molecular weight is 113 g/mol. The molecule has 2 heteroatoms. The van der Waals surface area contributed by atoms with E-state index in [1.165, 1.54) is 0 Å². The van der Waals surface area contributed by atoms with Gasteiger partial charge in [0.2, 0.25) is 0 Å². The minimum absolute atomic E-state index is 0. The number of rotatable bonds is 0. The molecule has 0 fully saturated rings. The molecule has 8 heavy (non-hydrogen) atoms. The van der Waals surface area contributed by atoms with Crippen LogP contribution >= 0.6 is 0 Å². The molecule has 0 unspecified atom stereocenters. The van der Waals surface area contributed by atoms with Crippen molar-refractivity contribution >= 4 is 0 Å². The first-order valence-corrected chi connectivity index (χ1v) is 2.27. The summed E-state index contributed by atoms with van der Waals surface area (Å²) in [5.74, 6) is 0. The Morgan fingerprint density at radius 2 is 2.12 bits per heavy atom. The van der Waals surface area contributed by atoms with Crippen molar-refractivity contribution in [1.82, 2.24) is 4.98 Å². The molecule has 1 rings (SSSR count). The van der Waals surface area contributed by atoms with Crippen molar-refractivity contribution in [2.24, 2.45) is 0 Å². The molecule has 1 heterocycles. The van der Waals surface area contributed by atoms with Crippen LogP contribution < -0.4 is 0 Å². The van der Waals surface area contributed by atoms with Crippen molar-refractivity contribution in [3.8, 4) is 0 Å². The monoisotopic (exact) mass is 113 g/mol. The number of hydrogen-bond donors (Lipinski definition) is 0. The molecule has 0 amide bonds. The van der Waals surface area contributed by atoms with Crippen LogP contribution in [0.2, 0.25) is 0 Å². The third kappa shape index (κ3) is 1.69. The molecular formula is C6H8FN. The van der Waals surface area contributed by atoms with Gasteiger partial charge in [-0.2, -0.15) is 0 Å². The van der Waals surface area contributed by atoms with E-state index in [9.17, 15) is 0 Å². The van der Waals surface area contributed by atoms with Crippen molar-refractivity contribution in [2.75, 3.05) is 0 Å². The van der Waals surface area contributed by atoms with Gasteiger partial charge in [0.15, 0.2) is 0 Å². The van der Waals surface area contributed by atoms with Gasteiger partial charge in [-0.15, -0.1) is 0 Å². The van der Waals surface area contributed by atoms with Crippen LogP contribution in [0.4, 0.5) is 4.70 Å². The first kappa shape index (κ1) is 7.08. The Morgan fingerprint density at radius 1 is 1.38 bits per heavy atom. The van der Waals surface area contributed by atoms with Crippen LogP contribution in [0.3, 0.4) is 0 Å². The van der Waals surface area contributed by atoms with Gasteiger partial charge < -0.3 is 0 Å². The van der Waals surface area contributed by atoms with Gasteiger partial charge >= 0.3 is 0 Å². The van der Waals surface area contributed by atoms with E-state index in [0.717, 1.165) is 5.69 Å². The fourth-order valence-corrected chi connectivity index (χ4v) is 0.448. The summed E-state index contributed by atoms with van der Waals surface area (Å²) in [4.78, 5) is 3.98. The first-order valence-electron chi connectivity index (χ1n) is 2.27. The lowest BCUT2D eigenvalue weighted by molar-refractivity contribution is 1.11. The largest absolute Gasteiger partial charge is 0.269 e. The molecule has 0 radical (unpaired) electrons. The quantitative estimate of drug-likeness (QED) is 0.497. The molecule has 1 nitrogen and oxygen atoms in total. The number of aryl methyl sites for hydroxylation is 1. The van der Waals surface area contributed by atoms with Gasteiger partial charge in [0.1, 0.15) is 0 Å². The number of nitrogens with zero attached hydrogens (tertiary/aromatic N) is 1. The summed E-state index contributed by atoms with van der Waals surface area (Å²) in [6, 6.07) is 5.86. The lowest BCUT2D eigenvalue weighted by atomic mass is 10.4. The second kappa shape index (κ2) is 3.13. The normalized spacial score (nSPS) is 7.62. The highest BCUT2D eigenvalue weighted by atomic mass is 19.0. The summed E-state index contributed by atoms with van der Waals surface area (Å²) in [6.07, 6.45) is 1.79. The molecule has 44 valence electrons. The molecular weight excluding hydrogens is 105 g/mol. The van der Waals surface area contributed by atoms with Crippen molar-refractivity contribution in [3.05, 3.63) is 30.1 Å². The van der Waals surface area contributed by atoms with Gasteiger partial charge in [-0.05, 0) is 19.1 Å². The zero-order valence-corrected chi connectivity index (χ0v) is 4.66. The molecule has 0 saturated heterocycles. The zero-order chi connectivity index (χ0) is 5.11. The molecule has 1 aromatic rings. The molecule has 0 spiro atoms. The van der Waals surface area contributed by atoms with Gasteiger partial charge in [-0.3, -0.25) is 9.69 Å². The second-order valence-electron chi connectivity index (χ2n) is 1.47. The molecule has 0 aromatic carbocycles. The lowest BCUT2D eigenvalue weighted by Gasteiger charge is -1.82. The molecule has 0 aliphatic rings. The first-order chi connectivity index (χ1) is 3.39. The van der Waals surface area contributed by atoms with Gasteiger partial charge in [0.05, 0.1) is 0 Å². The van der Waals surface area contributed by atoms with Gasteiger partial charge in [0, 0.05) is 11.9 Å². The molecule has 0 bridgehead atoms. The maximum atomic E-state index is 3.98.